The largest absolute Gasteiger partial charge is 0.450 e. The molecule has 1 fully saturated rings. The minimum atomic E-state index is -5.26. The predicted octanol–water partition coefficient (Wildman–Crippen LogP) is 6.83. The van der Waals surface area contributed by atoms with E-state index in [2.05, 4.69) is 5.32 Å². The number of benzene rings is 2. The van der Waals surface area contributed by atoms with E-state index in [0.29, 0.717) is 18.1 Å². The topological polar surface area (TPSA) is 93.9 Å². The van der Waals surface area contributed by atoms with Gasteiger partial charge in [-0.3, -0.25) is 15.4 Å². The first kappa shape index (κ1) is 28.6. The first-order chi connectivity index (χ1) is 17.6. The molecule has 1 saturated heterocycles. The Kier molecular flexibility index (Phi) is 8.12. The van der Waals surface area contributed by atoms with Crippen molar-refractivity contribution in [3.8, 4) is 11.5 Å². The average Bonchev–Trinajstić information content (AvgIpc) is 2.77. The van der Waals surface area contributed by atoms with E-state index in [-0.39, 0.29) is 31.6 Å². The Morgan fingerprint density at radius 1 is 1.13 bits per heavy atom. The number of carbonyl (C=O) groups excluding carboxylic acids is 1. The molecule has 0 aromatic heterocycles. The van der Waals surface area contributed by atoms with Crippen molar-refractivity contribution < 1.29 is 45.5 Å². The molecule has 3 rings (SSSR count). The molecule has 0 atom stereocenters. The summed E-state index contributed by atoms with van der Waals surface area (Å²) in [5, 5.41) is 14.1. The van der Waals surface area contributed by atoms with Gasteiger partial charge in [-0.2, -0.15) is 13.2 Å². The van der Waals surface area contributed by atoms with Crippen LogP contribution in [0.4, 0.5) is 42.5 Å². The fourth-order valence-electron chi connectivity index (χ4n) is 3.80. The summed E-state index contributed by atoms with van der Waals surface area (Å²) in [7, 11) is 0. The molecule has 8 nitrogen and oxygen atoms in total. The number of halogens is 6. The van der Waals surface area contributed by atoms with Gasteiger partial charge >= 0.3 is 12.3 Å². The summed E-state index contributed by atoms with van der Waals surface area (Å²) in [5.74, 6) is -6.96. The molecule has 0 aliphatic carbocycles. The van der Waals surface area contributed by atoms with Gasteiger partial charge in [0.1, 0.15) is 28.4 Å². The number of carbonyl (C=O) groups is 1. The van der Waals surface area contributed by atoms with Gasteiger partial charge in [-0.15, -0.1) is 0 Å². The Balaban J connectivity index is 2.06. The third kappa shape index (κ3) is 6.86. The van der Waals surface area contributed by atoms with Gasteiger partial charge in [0.15, 0.2) is 17.4 Å². The normalized spacial score (nSPS) is 15.4. The van der Waals surface area contributed by atoms with Crippen LogP contribution in [-0.4, -0.2) is 29.7 Å². The van der Waals surface area contributed by atoms with Gasteiger partial charge in [-0.1, -0.05) is 0 Å². The molecule has 0 spiro atoms. The Hall–Kier alpha value is -3.97. The zero-order valence-electron chi connectivity index (χ0n) is 20.4. The van der Waals surface area contributed by atoms with Gasteiger partial charge in [-0.25, -0.2) is 18.0 Å². The zero-order valence-corrected chi connectivity index (χ0v) is 20.4. The summed E-state index contributed by atoms with van der Waals surface area (Å²) in [4.78, 5) is 23.7. The van der Waals surface area contributed by atoms with Crippen LogP contribution in [-0.2, 0) is 10.9 Å². The zero-order chi connectivity index (χ0) is 28.4. The highest BCUT2D eigenvalue weighted by Crippen LogP contribution is 2.49. The van der Waals surface area contributed by atoms with Crippen LogP contribution in [0.1, 0.15) is 39.2 Å². The fourth-order valence-corrected chi connectivity index (χ4v) is 3.80. The maximum absolute atomic E-state index is 14.3. The molecular formula is C24H23F6N3O5. The second kappa shape index (κ2) is 10.8. The molecule has 1 heterocycles. The van der Waals surface area contributed by atoms with E-state index in [1.807, 2.05) is 0 Å². The number of alkyl carbamates (subject to hydrolysis) is 1. The summed E-state index contributed by atoms with van der Waals surface area (Å²) in [5.41, 5.74) is -3.81. The molecule has 0 saturated carbocycles. The van der Waals surface area contributed by atoms with E-state index in [9.17, 15) is 41.3 Å². The van der Waals surface area contributed by atoms with E-state index in [1.54, 1.807) is 20.8 Å². The van der Waals surface area contributed by atoms with E-state index in [0.717, 1.165) is 11.0 Å². The van der Waals surface area contributed by atoms with Crippen molar-refractivity contribution in [2.24, 2.45) is 0 Å². The number of rotatable bonds is 5. The monoisotopic (exact) mass is 547 g/mol. The summed E-state index contributed by atoms with van der Waals surface area (Å²) >= 11 is 0. The molecule has 14 heteroatoms. The molecule has 1 aliphatic heterocycles. The Bertz CT molecular complexity index is 1250. The quantitative estimate of drug-likeness (QED) is 0.251. The van der Waals surface area contributed by atoms with Crippen molar-refractivity contribution >= 4 is 17.5 Å². The smallest absolute Gasteiger partial charge is 0.422 e. The number of piperidine rings is 1. The molecule has 2 aromatic carbocycles. The van der Waals surface area contributed by atoms with Crippen molar-refractivity contribution in [3.63, 3.8) is 0 Å². The van der Waals surface area contributed by atoms with Crippen molar-refractivity contribution in [1.82, 2.24) is 5.32 Å². The molecule has 206 valence electrons. The number of nitrogens with one attached hydrogen (secondary N) is 1. The SMILES string of the molecule is CC(C)(C)OC(=O)N/C=C1/CCCN(c2c([N+](=O)[O-])ccc(Oc3c(F)cc(F)cc3F)c2C(F)(F)F)C1. The maximum Gasteiger partial charge on any atom is 0.422 e. The molecule has 38 heavy (non-hydrogen) atoms. The van der Waals surface area contributed by atoms with Crippen LogP contribution in [0.5, 0.6) is 11.5 Å². The van der Waals surface area contributed by atoms with Crippen LogP contribution >= 0.6 is 0 Å². The van der Waals surface area contributed by atoms with Crippen LogP contribution in [0, 0.1) is 27.6 Å². The first-order valence-corrected chi connectivity index (χ1v) is 11.2. The summed E-state index contributed by atoms with van der Waals surface area (Å²) in [6.45, 7) is 4.62. The molecule has 0 radical (unpaired) electrons. The molecule has 0 bridgehead atoms. The lowest BCUT2D eigenvalue weighted by atomic mass is 10.0. The highest BCUT2D eigenvalue weighted by molar-refractivity contribution is 5.74. The number of alkyl halides is 3. The minimum Gasteiger partial charge on any atom is -0.450 e. The number of amides is 1. The highest BCUT2D eigenvalue weighted by atomic mass is 19.4. The molecule has 0 unspecified atom stereocenters. The summed E-state index contributed by atoms with van der Waals surface area (Å²) < 4.78 is 94.5. The number of nitro groups is 1. The number of anilines is 1. The number of nitrogens with zero attached hydrogens (tertiary/aromatic N) is 2. The van der Waals surface area contributed by atoms with Crippen LogP contribution in [0.25, 0.3) is 0 Å². The molecule has 1 aliphatic rings. The minimum absolute atomic E-state index is 0.0452. The summed E-state index contributed by atoms with van der Waals surface area (Å²) in [6, 6.07) is 1.72. The third-order valence-corrected chi connectivity index (χ3v) is 5.20. The van der Waals surface area contributed by atoms with Gasteiger partial charge in [0.05, 0.1) is 4.92 Å². The Morgan fingerprint density at radius 3 is 2.32 bits per heavy atom. The van der Waals surface area contributed by atoms with Crippen molar-refractivity contribution in [1.29, 1.82) is 0 Å². The molecule has 1 amide bonds. The van der Waals surface area contributed by atoms with Gasteiger partial charge < -0.3 is 14.4 Å². The lowest BCUT2D eigenvalue weighted by molar-refractivity contribution is -0.384. The molecular weight excluding hydrogens is 524 g/mol. The Morgan fingerprint density at radius 2 is 1.76 bits per heavy atom. The second-order valence-corrected chi connectivity index (χ2v) is 9.34. The van der Waals surface area contributed by atoms with Crippen molar-refractivity contribution in [2.75, 3.05) is 18.0 Å². The van der Waals surface area contributed by atoms with E-state index >= 15 is 0 Å². The lowest BCUT2D eigenvalue weighted by Crippen LogP contribution is -2.35. The summed E-state index contributed by atoms with van der Waals surface area (Å²) in [6.07, 6.45) is -4.18. The number of nitro benzene ring substituents is 1. The van der Waals surface area contributed by atoms with Gasteiger partial charge in [0.2, 0.25) is 0 Å². The van der Waals surface area contributed by atoms with Gasteiger partial charge in [-0.05, 0) is 45.3 Å². The van der Waals surface area contributed by atoms with E-state index in [1.165, 1.54) is 6.20 Å². The number of ether oxygens (including phenoxy) is 2. The maximum atomic E-state index is 14.3. The number of hydrogen-bond donors (Lipinski definition) is 1. The van der Waals surface area contributed by atoms with E-state index < -0.39 is 68.7 Å². The lowest BCUT2D eigenvalue weighted by Gasteiger charge is -2.32. The van der Waals surface area contributed by atoms with E-state index in [4.69, 9.17) is 9.47 Å². The van der Waals surface area contributed by atoms with Crippen LogP contribution in [0.15, 0.2) is 36.0 Å². The first-order valence-electron chi connectivity index (χ1n) is 11.2. The highest BCUT2D eigenvalue weighted by Gasteiger charge is 2.43. The van der Waals surface area contributed by atoms with Crippen LogP contribution in [0.2, 0.25) is 0 Å². The van der Waals surface area contributed by atoms with Gasteiger partial charge in [0, 0.05) is 37.5 Å². The average molecular weight is 547 g/mol. The number of hydrogen-bond acceptors (Lipinski definition) is 6. The van der Waals surface area contributed by atoms with Crippen LogP contribution in [0.3, 0.4) is 0 Å². The van der Waals surface area contributed by atoms with Crippen molar-refractivity contribution in [2.45, 2.75) is 45.4 Å². The fraction of sp³-hybridized carbons (Fsp3) is 0.375. The predicted molar refractivity (Wildman–Crippen MR) is 123 cm³/mol. The second-order valence-electron chi connectivity index (χ2n) is 9.34. The van der Waals surface area contributed by atoms with Crippen LogP contribution < -0.4 is 15.0 Å². The van der Waals surface area contributed by atoms with Gasteiger partial charge in [0.25, 0.3) is 5.69 Å². The van der Waals surface area contributed by atoms with Crippen molar-refractivity contribution in [3.05, 3.63) is 69.2 Å². The molecule has 1 N–H and O–H groups in total. The Labute approximate surface area is 213 Å². The standard InChI is InChI=1S/C24H23F6N3O5/c1-23(2,3)38-22(34)31-11-13-5-4-8-32(12-13)20-17(33(35)36)6-7-18(19(20)24(28,29)30)37-21-15(26)9-14(25)10-16(21)27/h6-7,9-11H,4-5,8,12H2,1-3H3,(H,31,34)/b13-11-. The third-order valence-electron chi connectivity index (χ3n) is 5.20. The molecule has 2 aromatic rings.